The summed E-state index contributed by atoms with van der Waals surface area (Å²) in [6.45, 7) is 6.38. The maximum absolute atomic E-state index is 13.2. The number of nitrogens with zero attached hydrogens (tertiary/aromatic N) is 4. The van der Waals surface area contributed by atoms with Crippen molar-refractivity contribution in [3.05, 3.63) is 40.5 Å². The third-order valence-electron chi connectivity index (χ3n) is 6.36. The van der Waals surface area contributed by atoms with Crippen molar-refractivity contribution in [1.82, 2.24) is 14.9 Å². The number of rotatable bonds is 6. The Kier molecular flexibility index (Phi) is 6.50. The van der Waals surface area contributed by atoms with E-state index in [1.54, 1.807) is 36.8 Å². The first-order valence-electron chi connectivity index (χ1n) is 10.8. The number of ether oxygens (including phenoxy) is 2. The summed E-state index contributed by atoms with van der Waals surface area (Å²) in [6.07, 6.45) is 3.28. The maximum Gasteiger partial charge on any atom is 0.225 e. The summed E-state index contributed by atoms with van der Waals surface area (Å²) in [6, 6.07) is 5.75. The van der Waals surface area contributed by atoms with Crippen LogP contribution in [-0.2, 0) is 11.3 Å². The summed E-state index contributed by atoms with van der Waals surface area (Å²) >= 11 is 1.71. The predicted octanol–water partition coefficient (Wildman–Crippen LogP) is 4.20. The third-order valence-corrected chi connectivity index (χ3v) is 7.47. The number of carbonyl (C=O) groups is 1. The first kappa shape index (κ1) is 22.3. The molecule has 3 heterocycles. The topological polar surface area (TPSA) is 67.8 Å². The summed E-state index contributed by atoms with van der Waals surface area (Å²) in [4.78, 5) is 28.7. The Balaban J connectivity index is 1.43. The standard InChI is InChI=1S/C24H30N4O3S/c1-15-16(2)32-23-20(15)22(25-14-26-23)28-11-9-17(10-12-28)24(29)27(3)13-18-7-6-8-19(30-4)21(18)31-5/h6-8,14,17H,9-13H2,1-5H3. The van der Waals surface area contributed by atoms with E-state index >= 15 is 0 Å². The van der Waals surface area contributed by atoms with E-state index in [1.807, 2.05) is 25.2 Å². The first-order valence-corrected chi connectivity index (χ1v) is 11.7. The van der Waals surface area contributed by atoms with Gasteiger partial charge in [0.2, 0.25) is 5.91 Å². The second kappa shape index (κ2) is 9.32. The molecule has 1 fully saturated rings. The number of benzene rings is 1. The van der Waals surface area contributed by atoms with Crippen LogP contribution in [0.15, 0.2) is 24.5 Å². The van der Waals surface area contributed by atoms with Crippen molar-refractivity contribution in [2.45, 2.75) is 33.2 Å². The molecule has 0 N–H and O–H groups in total. The number of amides is 1. The number of aryl methyl sites for hydroxylation is 2. The number of anilines is 1. The molecule has 8 heteroatoms. The molecule has 0 bridgehead atoms. The van der Waals surface area contributed by atoms with E-state index in [4.69, 9.17) is 9.47 Å². The minimum absolute atomic E-state index is 0.00971. The molecule has 0 radical (unpaired) electrons. The van der Waals surface area contributed by atoms with Crippen LogP contribution in [0.4, 0.5) is 5.82 Å². The van der Waals surface area contributed by atoms with Gasteiger partial charge in [0.25, 0.3) is 0 Å². The molecule has 1 aliphatic rings. The smallest absolute Gasteiger partial charge is 0.225 e. The van der Waals surface area contributed by atoms with Crippen molar-refractivity contribution < 1.29 is 14.3 Å². The van der Waals surface area contributed by atoms with E-state index in [-0.39, 0.29) is 11.8 Å². The van der Waals surface area contributed by atoms with Gasteiger partial charge in [-0.25, -0.2) is 9.97 Å². The molecule has 0 spiro atoms. The van der Waals surface area contributed by atoms with Crippen LogP contribution in [0.1, 0.15) is 28.8 Å². The van der Waals surface area contributed by atoms with E-state index in [1.165, 1.54) is 10.4 Å². The van der Waals surface area contributed by atoms with Gasteiger partial charge in [0.15, 0.2) is 11.5 Å². The molecule has 1 saturated heterocycles. The average Bonchev–Trinajstić information content (AvgIpc) is 3.11. The highest BCUT2D eigenvalue weighted by Crippen LogP contribution is 2.36. The fourth-order valence-electron chi connectivity index (χ4n) is 4.47. The zero-order valence-corrected chi connectivity index (χ0v) is 20.2. The minimum atomic E-state index is 0.00971. The summed E-state index contributed by atoms with van der Waals surface area (Å²) in [5, 5.41) is 1.15. The van der Waals surface area contributed by atoms with E-state index in [2.05, 4.69) is 28.7 Å². The SMILES string of the molecule is COc1cccc(CN(C)C(=O)C2CCN(c3ncnc4sc(C)c(C)c34)CC2)c1OC. The molecule has 2 aromatic heterocycles. The molecule has 0 atom stereocenters. The zero-order valence-electron chi connectivity index (χ0n) is 19.3. The van der Waals surface area contributed by atoms with Gasteiger partial charge in [-0.3, -0.25) is 4.79 Å². The van der Waals surface area contributed by atoms with Crippen molar-refractivity contribution >= 4 is 33.3 Å². The van der Waals surface area contributed by atoms with Crippen LogP contribution in [0.25, 0.3) is 10.2 Å². The van der Waals surface area contributed by atoms with Gasteiger partial charge in [-0.15, -0.1) is 11.3 Å². The fourth-order valence-corrected chi connectivity index (χ4v) is 5.46. The van der Waals surface area contributed by atoms with Crippen molar-refractivity contribution in [2.24, 2.45) is 5.92 Å². The molecule has 1 amide bonds. The van der Waals surface area contributed by atoms with Crippen molar-refractivity contribution in [2.75, 3.05) is 39.3 Å². The summed E-state index contributed by atoms with van der Waals surface area (Å²) in [7, 11) is 5.10. The lowest BCUT2D eigenvalue weighted by Crippen LogP contribution is -2.41. The largest absolute Gasteiger partial charge is 0.493 e. The molecule has 0 saturated carbocycles. The summed E-state index contributed by atoms with van der Waals surface area (Å²) in [5.41, 5.74) is 2.19. The number of thiophene rings is 1. The second-order valence-corrected chi connectivity index (χ2v) is 9.47. The fraction of sp³-hybridized carbons (Fsp3) is 0.458. The Morgan fingerprint density at radius 3 is 2.62 bits per heavy atom. The van der Waals surface area contributed by atoms with E-state index in [0.29, 0.717) is 18.0 Å². The lowest BCUT2D eigenvalue weighted by molar-refractivity contribution is -0.135. The van der Waals surface area contributed by atoms with Crippen LogP contribution in [0, 0.1) is 19.8 Å². The number of hydrogen-bond donors (Lipinski definition) is 0. The average molecular weight is 455 g/mol. The Bertz CT molecular complexity index is 1120. The molecular formula is C24H30N4O3S. The highest BCUT2D eigenvalue weighted by atomic mass is 32.1. The quantitative estimate of drug-likeness (QED) is 0.556. The van der Waals surface area contributed by atoms with Gasteiger partial charge in [0, 0.05) is 43.0 Å². The number of piperidine rings is 1. The van der Waals surface area contributed by atoms with Gasteiger partial charge >= 0.3 is 0 Å². The van der Waals surface area contributed by atoms with Crippen LogP contribution in [-0.4, -0.2) is 55.1 Å². The Labute approximate surface area is 193 Å². The molecule has 4 rings (SSSR count). The molecule has 1 aromatic carbocycles. The third kappa shape index (κ3) is 4.11. The minimum Gasteiger partial charge on any atom is -0.493 e. The number of methoxy groups -OCH3 is 2. The molecule has 170 valence electrons. The summed E-state index contributed by atoms with van der Waals surface area (Å²) in [5.74, 6) is 2.53. The lowest BCUT2D eigenvalue weighted by Gasteiger charge is -2.34. The van der Waals surface area contributed by atoms with Crippen molar-refractivity contribution in [3.8, 4) is 11.5 Å². The molecule has 0 unspecified atom stereocenters. The van der Waals surface area contributed by atoms with E-state index < -0.39 is 0 Å². The van der Waals surface area contributed by atoms with Crippen LogP contribution in [0.3, 0.4) is 0 Å². The van der Waals surface area contributed by atoms with Crippen molar-refractivity contribution in [1.29, 1.82) is 0 Å². The van der Waals surface area contributed by atoms with Crippen LogP contribution >= 0.6 is 11.3 Å². The first-order chi connectivity index (χ1) is 15.4. The zero-order chi connectivity index (χ0) is 22.8. The maximum atomic E-state index is 13.2. The highest BCUT2D eigenvalue weighted by molar-refractivity contribution is 7.18. The van der Waals surface area contributed by atoms with Gasteiger partial charge in [-0.2, -0.15) is 0 Å². The van der Waals surface area contributed by atoms with Crippen LogP contribution in [0.5, 0.6) is 11.5 Å². The van der Waals surface area contributed by atoms with Gasteiger partial charge in [-0.05, 0) is 38.3 Å². The molecule has 0 aliphatic carbocycles. The molecule has 3 aromatic rings. The predicted molar refractivity (Wildman–Crippen MR) is 128 cm³/mol. The number of aromatic nitrogens is 2. The number of para-hydroxylation sites is 1. The summed E-state index contributed by atoms with van der Waals surface area (Å²) < 4.78 is 10.9. The molecule has 1 aliphatic heterocycles. The van der Waals surface area contributed by atoms with Gasteiger partial charge in [0.1, 0.15) is 17.0 Å². The van der Waals surface area contributed by atoms with Crippen LogP contribution < -0.4 is 14.4 Å². The highest BCUT2D eigenvalue weighted by Gasteiger charge is 2.29. The molecular weight excluding hydrogens is 424 g/mol. The normalized spacial score (nSPS) is 14.6. The number of fused-ring (bicyclic) bond motifs is 1. The van der Waals surface area contributed by atoms with Crippen LogP contribution in [0.2, 0.25) is 0 Å². The van der Waals surface area contributed by atoms with Gasteiger partial charge < -0.3 is 19.3 Å². The lowest BCUT2D eigenvalue weighted by atomic mass is 9.95. The van der Waals surface area contributed by atoms with Crippen molar-refractivity contribution in [3.63, 3.8) is 0 Å². The second-order valence-electron chi connectivity index (χ2n) is 8.27. The van der Waals surface area contributed by atoms with Gasteiger partial charge in [-0.1, -0.05) is 12.1 Å². The Morgan fingerprint density at radius 1 is 1.19 bits per heavy atom. The Hall–Kier alpha value is -2.87. The Morgan fingerprint density at radius 2 is 1.94 bits per heavy atom. The van der Waals surface area contributed by atoms with Gasteiger partial charge in [0.05, 0.1) is 19.6 Å². The van der Waals surface area contributed by atoms with E-state index in [9.17, 15) is 4.79 Å². The monoisotopic (exact) mass is 454 g/mol. The molecule has 32 heavy (non-hydrogen) atoms. The molecule has 7 nitrogen and oxygen atoms in total. The van der Waals surface area contributed by atoms with E-state index in [0.717, 1.165) is 47.5 Å². The number of hydrogen-bond acceptors (Lipinski definition) is 7. The number of carbonyl (C=O) groups excluding carboxylic acids is 1.